The van der Waals surface area contributed by atoms with Gasteiger partial charge >= 0.3 is 0 Å². The average Bonchev–Trinajstić information content (AvgIpc) is 3.07. The number of nitrogens with zero attached hydrogens (tertiary/aromatic N) is 2. The van der Waals surface area contributed by atoms with E-state index in [2.05, 4.69) is 5.32 Å². The summed E-state index contributed by atoms with van der Waals surface area (Å²) in [5, 5.41) is 3.65. The largest absolute Gasteiger partial charge is 0.492 e. The average molecular weight is 711 g/mol. The summed E-state index contributed by atoms with van der Waals surface area (Å²) in [6.07, 6.45) is 0.835. The van der Waals surface area contributed by atoms with Crippen molar-refractivity contribution in [2.75, 3.05) is 17.5 Å². The first-order valence-electron chi connectivity index (χ1n) is 15.8. The Morgan fingerprint density at radius 1 is 0.854 bits per heavy atom. The van der Waals surface area contributed by atoms with E-state index in [9.17, 15) is 18.0 Å². The van der Waals surface area contributed by atoms with Crippen molar-refractivity contribution in [1.82, 2.24) is 10.2 Å². The molecule has 1 N–H and O–H groups in total. The number of benzene rings is 4. The van der Waals surface area contributed by atoms with E-state index in [-0.39, 0.29) is 42.1 Å². The van der Waals surface area contributed by atoms with Gasteiger partial charge in [-0.25, -0.2) is 8.42 Å². The highest BCUT2D eigenvalue weighted by atomic mass is 35.5. The summed E-state index contributed by atoms with van der Waals surface area (Å²) >= 11 is 13.2. The molecule has 254 valence electrons. The van der Waals surface area contributed by atoms with Crippen LogP contribution in [0.1, 0.15) is 43.9 Å². The summed E-state index contributed by atoms with van der Waals surface area (Å²) in [5.41, 5.74) is 2.32. The second-order valence-corrected chi connectivity index (χ2v) is 14.1. The second-order valence-electron chi connectivity index (χ2n) is 11.5. The van der Waals surface area contributed by atoms with Gasteiger partial charge in [-0.1, -0.05) is 96.4 Å². The third-order valence-electron chi connectivity index (χ3n) is 7.98. The first-order chi connectivity index (χ1) is 23.0. The second kappa shape index (κ2) is 16.9. The van der Waals surface area contributed by atoms with Crippen LogP contribution in [-0.2, 0) is 32.6 Å². The Labute approximate surface area is 293 Å². The van der Waals surface area contributed by atoms with Crippen molar-refractivity contribution in [3.05, 3.63) is 124 Å². The highest BCUT2D eigenvalue weighted by Gasteiger charge is 2.36. The van der Waals surface area contributed by atoms with Crippen LogP contribution in [0.5, 0.6) is 5.75 Å². The lowest BCUT2D eigenvalue weighted by molar-refractivity contribution is -0.140. The lowest BCUT2D eigenvalue weighted by atomic mass is 10.0. The van der Waals surface area contributed by atoms with Crippen molar-refractivity contribution in [2.45, 2.75) is 64.1 Å². The molecule has 0 bridgehead atoms. The van der Waals surface area contributed by atoms with Crippen molar-refractivity contribution in [3.63, 3.8) is 0 Å². The molecule has 0 saturated heterocycles. The standard InChI is InChI=1S/C37H41Cl2N3O5S/c1-5-27(4)40-37(44)34(23-28-13-8-7-9-14-28)41(24-30-31(38)15-12-16-32(30)39)36(43)25-42(33-17-10-11-18-35(33)47-6-2)48(45,46)29-21-19-26(3)20-22-29/h7-22,27,34H,5-6,23-25H2,1-4H3,(H,40,44)/t27-,34+/m0/s1. The van der Waals surface area contributed by atoms with E-state index in [1.165, 1.54) is 17.0 Å². The number of nitrogens with one attached hydrogen (secondary N) is 1. The van der Waals surface area contributed by atoms with Crippen molar-refractivity contribution in [2.24, 2.45) is 0 Å². The van der Waals surface area contributed by atoms with Crippen LogP contribution in [0.4, 0.5) is 5.69 Å². The third-order valence-corrected chi connectivity index (χ3v) is 10.5. The Morgan fingerprint density at radius 2 is 1.48 bits per heavy atom. The number of anilines is 1. The number of halogens is 2. The van der Waals surface area contributed by atoms with Crippen LogP contribution in [-0.4, -0.2) is 50.4 Å². The quantitative estimate of drug-likeness (QED) is 0.138. The minimum absolute atomic E-state index is 0.00301. The van der Waals surface area contributed by atoms with Gasteiger partial charge in [-0.3, -0.25) is 13.9 Å². The zero-order valence-corrected chi connectivity index (χ0v) is 29.9. The van der Waals surface area contributed by atoms with E-state index >= 15 is 0 Å². The first-order valence-corrected chi connectivity index (χ1v) is 18.0. The van der Waals surface area contributed by atoms with Gasteiger partial charge in [0.05, 0.1) is 17.2 Å². The Bertz CT molecular complexity index is 1780. The van der Waals surface area contributed by atoms with Crippen molar-refractivity contribution in [1.29, 1.82) is 0 Å². The fourth-order valence-electron chi connectivity index (χ4n) is 5.14. The summed E-state index contributed by atoms with van der Waals surface area (Å²) in [4.78, 5) is 30.2. The highest BCUT2D eigenvalue weighted by molar-refractivity contribution is 7.92. The summed E-state index contributed by atoms with van der Waals surface area (Å²) in [6.45, 7) is 6.98. The third kappa shape index (κ3) is 9.09. The van der Waals surface area contributed by atoms with Gasteiger partial charge in [-0.2, -0.15) is 0 Å². The lowest BCUT2D eigenvalue weighted by Gasteiger charge is -2.35. The molecule has 0 radical (unpaired) electrons. The van der Waals surface area contributed by atoms with Crippen molar-refractivity contribution in [3.8, 4) is 5.75 Å². The molecule has 0 aliphatic heterocycles. The van der Waals surface area contributed by atoms with Gasteiger partial charge in [0.1, 0.15) is 18.3 Å². The van der Waals surface area contributed by atoms with Gasteiger partial charge in [0, 0.05) is 34.6 Å². The minimum atomic E-state index is -4.30. The zero-order valence-electron chi connectivity index (χ0n) is 27.5. The molecule has 2 atom stereocenters. The number of hydrogen-bond acceptors (Lipinski definition) is 5. The van der Waals surface area contributed by atoms with Crippen molar-refractivity contribution < 1.29 is 22.7 Å². The molecule has 0 heterocycles. The van der Waals surface area contributed by atoms with Crippen LogP contribution < -0.4 is 14.4 Å². The Morgan fingerprint density at radius 3 is 2.10 bits per heavy atom. The van der Waals surface area contributed by atoms with Crippen LogP contribution >= 0.6 is 23.2 Å². The molecule has 0 saturated carbocycles. The van der Waals surface area contributed by atoms with Gasteiger partial charge < -0.3 is 15.0 Å². The van der Waals surface area contributed by atoms with Gasteiger partial charge in [0.25, 0.3) is 10.0 Å². The lowest BCUT2D eigenvalue weighted by Crippen LogP contribution is -2.54. The molecule has 2 amide bonds. The van der Waals surface area contributed by atoms with E-state index in [0.717, 1.165) is 15.4 Å². The Hall–Kier alpha value is -4.05. The van der Waals surface area contributed by atoms with Crippen LogP contribution in [0, 0.1) is 6.92 Å². The van der Waals surface area contributed by atoms with Gasteiger partial charge in [0.2, 0.25) is 11.8 Å². The van der Waals surface area contributed by atoms with Gasteiger partial charge in [-0.05, 0) is 69.2 Å². The molecule has 0 aliphatic rings. The van der Waals surface area contributed by atoms with E-state index in [0.29, 0.717) is 27.8 Å². The maximum atomic E-state index is 14.8. The molecule has 48 heavy (non-hydrogen) atoms. The fraction of sp³-hybridized carbons (Fsp3) is 0.297. The molecule has 8 nitrogen and oxygen atoms in total. The maximum absolute atomic E-state index is 14.8. The summed E-state index contributed by atoms with van der Waals surface area (Å²) in [7, 11) is -4.30. The summed E-state index contributed by atoms with van der Waals surface area (Å²) < 4.78 is 35.6. The molecule has 0 unspecified atom stereocenters. The van der Waals surface area contributed by atoms with Crippen LogP contribution in [0.3, 0.4) is 0 Å². The first kappa shape index (κ1) is 36.8. The summed E-state index contributed by atoms with van der Waals surface area (Å²) in [6, 6.07) is 26.2. The fourth-order valence-corrected chi connectivity index (χ4v) is 7.08. The maximum Gasteiger partial charge on any atom is 0.264 e. The zero-order chi connectivity index (χ0) is 34.8. The SMILES string of the molecule is CCOc1ccccc1N(CC(=O)N(Cc1c(Cl)cccc1Cl)[C@H](Cc1ccccc1)C(=O)N[C@@H](C)CC)S(=O)(=O)c1ccc(C)cc1. The number of amides is 2. The Balaban J connectivity index is 1.88. The van der Waals surface area contributed by atoms with Crippen LogP contribution in [0.2, 0.25) is 10.0 Å². The number of rotatable bonds is 15. The highest BCUT2D eigenvalue weighted by Crippen LogP contribution is 2.34. The van der Waals surface area contributed by atoms with E-state index in [1.807, 2.05) is 51.1 Å². The molecule has 4 aromatic rings. The van der Waals surface area contributed by atoms with Crippen LogP contribution in [0.15, 0.2) is 102 Å². The Kier molecular flexibility index (Phi) is 12.9. The van der Waals surface area contributed by atoms with E-state index < -0.39 is 28.5 Å². The predicted octanol–water partition coefficient (Wildman–Crippen LogP) is 7.45. The number of para-hydroxylation sites is 2. The molecule has 0 aliphatic carbocycles. The van der Waals surface area contributed by atoms with E-state index in [4.69, 9.17) is 27.9 Å². The topological polar surface area (TPSA) is 96.0 Å². The summed E-state index contributed by atoms with van der Waals surface area (Å²) in [5.74, 6) is -0.722. The number of hydrogen-bond donors (Lipinski definition) is 1. The molecule has 4 rings (SSSR count). The number of aryl methyl sites for hydroxylation is 1. The molecular weight excluding hydrogens is 669 g/mol. The number of carbonyl (C=O) groups excluding carboxylic acids is 2. The van der Waals surface area contributed by atoms with E-state index in [1.54, 1.807) is 61.5 Å². The smallest absolute Gasteiger partial charge is 0.264 e. The monoisotopic (exact) mass is 709 g/mol. The van der Waals surface area contributed by atoms with Crippen molar-refractivity contribution >= 4 is 50.7 Å². The number of carbonyl (C=O) groups is 2. The van der Waals surface area contributed by atoms with Crippen LogP contribution in [0.25, 0.3) is 0 Å². The molecule has 0 aromatic heterocycles. The molecule has 11 heteroatoms. The molecular formula is C37H41Cl2N3O5S. The normalized spacial score (nSPS) is 12.5. The number of ether oxygens (including phenoxy) is 1. The molecule has 0 spiro atoms. The van der Waals surface area contributed by atoms with Gasteiger partial charge in [-0.15, -0.1) is 0 Å². The predicted molar refractivity (Wildman–Crippen MR) is 192 cm³/mol. The molecule has 4 aromatic carbocycles. The number of sulfonamides is 1. The van der Waals surface area contributed by atoms with Gasteiger partial charge in [0.15, 0.2) is 0 Å². The minimum Gasteiger partial charge on any atom is -0.492 e. The molecule has 0 fully saturated rings.